The summed E-state index contributed by atoms with van der Waals surface area (Å²) in [6.45, 7) is 0. The third-order valence-electron chi connectivity index (χ3n) is 3.34. The van der Waals surface area contributed by atoms with Crippen molar-refractivity contribution in [2.75, 3.05) is 19.1 Å². The lowest BCUT2D eigenvalue weighted by Gasteiger charge is -2.23. The van der Waals surface area contributed by atoms with Crippen molar-refractivity contribution >= 4 is 35.3 Å². The number of esters is 1. The number of imide groups is 1. The molecule has 0 aromatic heterocycles. The van der Waals surface area contributed by atoms with Crippen LogP contribution in [-0.2, 0) is 14.3 Å². The summed E-state index contributed by atoms with van der Waals surface area (Å²) in [7, 11) is 1.16. The van der Waals surface area contributed by atoms with E-state index in [4.69, 9.17) is 0 Å². The van der Waals surface area contributed by atoms with E-state index in [1.54, 1.807) is 18.4 Å². The van der Waals surface area contributed by atoms with Gasteiger partial charge in [0.05, 0.1) is 24.0 Å². The minimum absolute atomic E-state index is 0.205. The Hall–Kier alpha value is -2.15. The van der Waals surface area contributed by atoms with Gasteiger partial charge in [-0.25, -0.2) is 4.79 Å². The van der Waals surface area contributed by atoms with Crippen LogP contribution in [0.2, 0.25) is 0 Å². The van der Waals surface area contributed by atoms with E-state index < -0.39 is 23.8 Å². The highest BCUT2D eigenvalue weighted by Gasteiger charge is 2.43. The second kappa shape index (κ2) is 6.74. The van der Waals surface area contributed by atoms with Gasteiger partial charge in [0.2, 0.25) is 0 Å². The van der Waals surface area contributed by atoms with Crippen LogP contribution in [0.5, 0.6) is 0 Å². The number of fused-ring (bicyclic) bond motifs is 1. The molecular formula is C15H15NO5S. The molecule has 1 unspecified atom stereocenters. The fourth-order valence-corrected chi connectivity index (χ4v) is 2.78. The Labute approximate surface area is 131 Å². The number of thioether (sulfide) groups is 1. The Kier molecular flexibility index (Phi) is 4.97. The van der Waals surface area contributed by atoms with Gasteiger partial charge in [0, 0.05) is 6.42 Å². The molecule has 0 radical (unpaired) electrons. The van der Waals surface area contributed by atoms with Gasteiger partial charge in [-0.15, -0.1) is 0 Å². The summed E-state index contributed by atoms with van der Waals surface area (Å²) >= 11 is 1.31. The number of methoxy groups -OCH3 is 1. The fourth-order valence-electron chi connectivity index (χ4n) is 2.34. The summed E-state index contributed by atoms with van der Waals surface area (Å²) in [6, 6.07) is 5.09. The van der Waals surface area contributed by atoms with Crippen LogP contribution in [0.4, 0.5) is 0 Å². The first-order chi connectivity index (χ1) is 10.5. The Bertz CT molecular complexity index is 608. The third-order valence-corrected chi connectivity index (χ3v) is 3.95. The lowest BCUT2D eigenvalue weighted by atomic mass is 10.1. The van der Waals surface area contributed by atoms with Gasteiger partial charge in [0.1, 0.15) is 11.8 Å². The summed E-state index contributed by atoms with van der Waals surface area (Å²) in [6.07, 6.45) is 1.52. The molecule has 1 aliphatic rings. The molecule has 6 nitrogen and oxygen atoms in total. The maximum atomic E-state index is 12.4. The van der Waals surface area contributed by atoms with Gasteiger partial charge >= 0.3 is 5.97 Å². The normalized spacial score (nSPS) is 14.7. The highest BCUT2D eigenvalue weighted by Crippen LogP contribution is 2.26. The molecule has 0 bridgehead atoms. The summed E-state index contributed by atoms with van der Waals surface area (Å²) in [5.74, 6) is -1.94. The molecule has 116 valence electrons. The average molecular weight is 321 g/mol. The van der Waals surface area contributed by atoms with Gasteiger partial charge < -0.3 is 4.74 Å². The second-order valence-corrected chi connectivity index (χ2v) is 5.61. The van der Waals surface area contributed by atoms with E-state index in [9.17, 15) is 19.2 Å². The monoisotopic (exact) mass is 321 g/mol. The van der Waals surface area contributed by atoms with Crippen molar-refractivity contribution in [3.8, 4) is 0 Å². The van der Waals surface area contributed by atoms with Gasteiger partial charge in [-0.3, -0.25) is 19.3 Å². The smallest absolute Gasteiger partial charge is 0.329 e. The number of carbonyl (C=O) groups is 4. The molecule has 22 heavy (non-hydrogen) atoms. The zero-order valence-corrected chi connectivity index (χ0v) is 13.0. The van der Waals surface area contributed by atoms with Crippen LogP contribution in [0.25, 0.3) is 0 Å². The summed E-state index contributed by atoms with van der Waals surface area (Å²) in [5.41, 5.74) is 0.470. The number of benzene rings is 1. The van der Waals surface area contributed by atoms with Gasteiger partial charge in [-0.2, -0.15) is 11.8 Å². The predicted octanol–water partition coefficient (Wildman–Crippen LogP) is 1.15. The molecule has 0 saturated carbocycles. The van der Waals surface area contributed by atoms with E-state index in [2.05, 4.69) is 4.74 Å². The lowest BCUT2D eigenvalue weighted by Crippen LogP contribution is -2.46. The summed E-state index contributed by atoms with van der Waals surface area (Å²) in [5, 5.41) is 0. The molecule has 1 heterocycles. The molecule has 0 aliphatic carbocycles. The van der Waals surface area contributed by atoms with Gasteiger partial charge in [-0.05, 0) is 18.4 Å². The van der Waals surface area contributed by atoms with Crippen molar-refractivity contribution in [3.63, 3.8) is 0 Å². The van der Waals surface area contributed by atoms with Crippen molar-refractivity contribution < 1.29 is 23.9 Å². The molecule has 2 rings (SSSR count). The molecule has 0 fully saturated rings. The van der Waals surface area contributed by atoms with E-state index in [0.29, 0.717) is 0 Å². The number of hydrogen-bond donors (Lipinski definition) is 0. The minimum atomic E-state index is -1.22. The SMILES string of the molecule is COC(=O)C(CC(=O)CSC)N1C(=O)c2ccccc2C1=O. The number of nitrogens with zero attached hydrogens (tertiary/aromatic N) is 1. The topological polar surface area (TPSA) is 80.8 Å². The highest BCUT2D eigenvalue weighted by atomic mass is 32.2. The molecule has 0 spiro atoms. The fraction of sp³-hybridized carbons (Fsp3) is 0.333. The van der Waals surface area contributed by atoms with Crippen molar-refractivity contribution in [1.29, 1.82) is 0 Å². The molecule has 1 aliphatic heterocycles. The maximum Gasteiger partial charge on any atom is 0.329 e. The summed E-state index contributed by atoms with van der Waals surface area (Å²) in [4.78, 5) is 49.4. The van der Waals surface area contributed by atoms with E-state index in [-0.39, 0.29) is 29.1 Å². The minimum Gasteiger partial charge on any atom is -0.467 e. The number of Topliss-reactive ketones (excluding diaryl/α,β-unsaturated/α-hetero) is 1. The highest BCUT2D eigenvalue weighted by molar-refractivity contribution is 7.99. The van der Waals surface area contributed by atoms with E-state index in [1.165, 1.54) is 23.9 Å². The van der Waals surface area contributed by atoms with E-state index in [1.807, 2.05) is 0 Å². The standard InChI is InChI=1S/C15H15NO5S/c1-21-15(20)12(7-9(17)8-22-2)16-13(18)10-5-3-4-6-11(10)14(16)19/h3-6,12H,7-8H2,1-2H3. The van der Waals surface area contributed by atoms with Crippen LogP contribution >= 0.6 is 11.8 Å². The molecule has 1 aromatic rings. The molecule has 2 amide bonds. The second-order valence-electron chi connectivity index (χ2n) is 4.74. The Morgan fingerprint density at radius 3 is 2.18 bits per heavy atom. The largest absolute Gasteiger partial charge is 0.467 e. The van der Waals surface area contributed by atoms with Gasteiger partial charge in [-0.1, -0.05) is 12.1 Å². The molecule has 0 N–H and O–H groups in total. The Balaban J connectivity index is 2.33. The third kappa shape index (κ3) is 2.89. The number of rotatable bonds is 6. The number of ketones is 1. The van der Waals surface area contributed by atoms with Crippen LogP contribution in [0, 0.1) is 0 Å². The molecule has 1 aromatic carbocycles. The van der Waals surface area contributed by atoms with Crippen LogP contribution in [-0.4, -0.2) is 53.6 Å². The quantitative estimate of drug-likeness (QED) is 0.577. The Morgan fingerprint density at radius 1 is 1.18 bits per heavy atom. The van der Waals surface area contributed by atoms with Crippen molar-refractivity contribution in [1.82, 2.24) is 4.90 Å². The maximum absolute atomic E-state index is 12.4. The average Bonchev–Trinajstić information content (AvgIpc) is 2.77. The van der Waals surface area contributed by atoms with Gasteiger partial charge in [0.25, 0.3) is 11.8 Å². The van der Waals surface area contributed by atoms with E-state index >= 15 is 0 Å². The van der Waals surface area contributed by atoms with E-state index in [0.717, 1.165) is 12.0 Å². The van der Waals surface area contributed by atoms with Crippen molar-refractivity contribution in [2.24, 2.45) is 0 Å². The Morgan fingerprint density at radius 2 is 1.73 bits per heavy atom. The number of carbonyl (C=O) groups excluding carboxylic acids is 4. The molecular weight excluding hydrogens is 306 g/mol. The summed E-state index contributed by atoms with van der Waals surface area (Å²) < 4.78 is 4.66. The predicted molar refractivity (Wildman–Crippen MR) is 80.8 cm³/mol. The van der Waals surface area contributed by atoms with Crippen LogP contribution < -0.4 is 0 Å². The van der Waals surface area contributed by atoms with Crippen LogP contribution in [0.15, 0.2) is 24.3 Å². The zero-order valence-electron chi connectivity index (χ0n) is 12.2. The molecule has 1 atom stereocenters. The van der Waals surface area contributed by atoms with Crippen molar-refractivity contribution in [3.05, 3.63) is 35.4 Å². The number of amides is 2. The first kappa shape index (κ1) is 16.2. The zero-order chi connectivity index (χ0) is 16.3. The van der Waals surface area contributed by atoms with Crippen molar-refractivity contribution in [2.45, 2.75) is 12.5 Å². The lowest BCUT2D eigenvalue weighted by molar-refractivity contribution is -0.146. The molecule has 7 heteroatoms. The van der Waals surface area contributed by atoms with Crippen LogP contribution in [0.1, 0.15) is 27.1 Å². The first-order valence-electron chi connectivity index (χ1n) is 6.56. The number of hydrogen-bond acceptors (Lipinski definition) is 6. The molecule has 0 saturated heterocycles. The number of ether oxygens (including phenoxy) is 1. The first-order valence-corrected chi connectivity index (χ1v) is 7.96. The van der Waals surface area contributed by atoms with Crippen LogP contribution in [0.3, 0.4) is 0 Å². The van der Waals surface area contributed by atoms with Gasteiger partial charge in [0.15, 0.2) is 0 Å².